The molecule has 0 unspecified atom stereocenters. The average molecular weight is 441 g/mol. The van der Waals surface area contributed by atoms with Crippen LogP contribution in [0.1, 0.15) is 11.3 Å². The van der Waals surface area contributed by atoms with E-state index in [4.69, 9.17) is 0 Å². The molecule has 0 fully saturated rings. The number of hydrogen-bond donors (Lipinski definition) is 3. The SMILES string of the molecule is O=CNC1=N/C(C(=O)NCc2cn3cc(NCCc4ccccc4)ccc3n2)=C/C=C\C=C1. The fraction of sp³-hybridized carbons (Fsp3) is 0.120. The maximum Gasteiger partial charge on any atom is 0.270 e. The molecule has 166 valence electrons. The van der Waals surface area contributed by atoms with Crippen LogP contribution < -0.4 is 16.0 Å². The molecule has 2 aromatic heterocycles. The number of nitrogens with zero attached hydrogens (tertiary/aromatic N) is 3. The number of carbonyl (C=O) groups excluding carboxylic acids is 2. The van der Waals surface area contributed by atoms with E-state index in [1.165, 1.54) is 5.56 Å². The Balaban J connectivity index is 1.36. The molecule has 8 heteroatoms. The third-order valence-electron chi connectivity index (χ3n) is 4.93. The van der Waals surface area contributed by atoms with Crippen LogP contribution in [0.25, 0.3) is 5.65 Å². The third-order valence-corrected chi connectivity index (χ3v) is 4.93. The summed E-state index contributed by atoms with van der Waals surface area (Å²) in [6, 6.07) is 14.3. The summed E-state index contributed by atoms with van der Waals surface area (Å²) in [5.74, 6) is -0.0729. The van der Waals surface area contributed by atoms with Gasteiger partial charge in [0.2, 0.25) is 6.41 Å². The Labute approximate surface area is 191 Å². The van der Waals surface area contributed by atoms with Crippen LogP contribution in [0.5, 0.6) is 0 Å². The molecular formula is C25H24N6O2. The molecule has 0 saturated heterocycles. The molecule has 3 N–H and O–H groups in total. The quantitative estimate of drug-likeness (QED) is 0.469. The summed E-state index contributed by atoms with van der Waals surface area (Å²) in [6.45, 7) is 1.08. The number of amides is 2. The zero-order valence-electron chi connectivity index (χ0n) is 17.9. The van der Waals surface area contributed by atoms with E-state index in [0.29, 0.717) is 6.41 Å². The van der Waals surface area contributed by atoms with Crippen molar-refractivity contribution >= 4 is 29.5 Å². The first-order chi connectivity index (χ1) is 16.2. The number of anilines is 1. The largest absolute Gasteiger partial charge is 0.384 e. The number of imidazole rings is 1. The van der Waals surface area contributed by atoms with Crippen molar-refractivity contribution in [1.29, 1.82) is 0 Å². The molecule has 3 heterocycles. The molecule has 1 aliphatic heterocycles. The molecule has 33 heavy (non-hydrogen) atoms. The Bertz CT molecular complexity index is 1250. The lowest BCUT2D eigenvalue weighted by atomic mass is 10.1. The van der Waals surface area contributed by atoms with Gasteiger partial charge in [0, 0.05) is 18.9 Å². The summed E-state index contributed by atoms with van der Waals surface area (Å²) in [6.07, 6.45) is 13.7. The van der Waals surface area contributed by atoms with Crippen LogP contribution >= 0.6 is 0 Å². The van der Waals surface area contributed by atoms with Crippen LogP contribution in [0.2, 0.25) is 0 Å². The summed E-state index contributed by atoms with van der Waals surface area (Å²) in [4.78, 5) is 32.0. The summed E-state index contributed by atoms with van der Waals surface area (Å²) in [5.41, 5.74) is 3.99. The van der Waals surface area contributed by atoms with Gasteiger partial charge in [-0.15, -0.1) is 0 Å². The van der Waals surface area contributed by atoms with Crippen molar-refractivity contribution < 1.29 is 9.59 Å². The summed E-state index contributed by atoms with van der Waals surface area (Å²) in [5, 5.41) is 8.72. The number of rotatable bonds is 8. The van der Waals surface area contributed by atoms with Gasteiger partial charge in [-0.1, -0.05) is 48.6 Å². The minimum atomic E-state index is -0.361. The minimum absolute atomic E-state index is 0.189. The van der Waals surface area contributed by atoms with Gasteiger partial charge in [-0.2, -0.15) is 0 Å². The van der Waals surface area contributed by atoms with Crippen LogP contribution in [0.15, 0.2) is 95.9 Å². The molecule has 0 saturated carbocycles. The Kier molecular flexibility index (Phi) is 7.07. The molecule has 0 atom stereocenters. The van der Waals surface area contributed by atoms with E-state index >= 15 is 0 Å². The van der Waals surface area contributed by atoms with E-state index in [1.54, 1.807) is 30.4 Å². The number of amidine groups is 1. The van der Waals surface area contributed by atoms with Crippen molar-refractivity contribution in [3.8, 4) is 0 Å². The predicted molar refractivity (Wildman–Crippen MR) is 129 cm³/mol. The van der Waals surface area contributed by atoms with E-state index < -0.39 is 0 Å². The van der Waals surface area contributed by atoms with E-state index in [9.17, 15) is 9.59 Å². The van der Waals surface area contributed by atoms with Crippen molar-refractivity contribution in [2.75, 3.05) is 11.9 Å². The molecular weight excluding hydrogens is 416 g/mol. The molecule has 3 aromatic rings. The lowest BCUT2D eigenvalue weighted by Gasteiger charge is -2.07. The maximum atomic E-state index is 12.6. The zero-order chi connectivity index (χ0) is 22.9. The first-order valence-electron chi connectivity index (χ1n) is 10.6. The van der Waals surface area contributed by atoms with Gasteiger partial charge in [0.05, 0.1) is 17.9 Å². The Morgan fingerprint density at radius 2 is 1.91 bits per heavy atom. The highest BCUT2D eigenvalue weighted by Crippen LogP contribution is 2.13. The van der Waals surface area contributed by atoms with E-state index in [1.807, 2.05) is 47.1 Å². The topological polar surface area (TPSA) is 99.9 Å². The number of aliphatic imine (C=N–C) groups is 1. The van der Waals surface area contributed by atoms with Crippen molar-refractivity contribution in [1.82, 2.24) is 20.0 Å². The van der Waals surface area contributed by atoms with Crippen molar-refractivity contribution in [3.63, 3.8) is 0 Å². The number of benzene rings is 1. The number of nitrogens with one attached hydrogen (secondary N) is 3. The Morgan fingerprint density at radius 1 is 1.03 bits per heavy atom. The molecule has 2 amide bonds. The number of fused-ring (bicyclic) bond motifs is 1. The van der Waals surface area contributed by atoms with Crippen LogP contribution in [0.4, 0.5) is 5.69 Å². The van der Waals surface area contributed by atoms with Crippen molar-refractivity contribution in [2.24, 2.45) is 4.99 Å². The lowest BCUT2D eigenvalue weighted by molar-refractivity contribution is -0.117. The van der Waals surface area contributed by atoms with Gasteiger partial charge in [0.15, 0.2) is 0 Å². The summed E-state index contributed by atoms with van der Waals surface area (Å²) >= 11 is 0. The fourth-order valence-corrected chi connectivity index (χ4v) is 3.32. The number of aromatic nitrogens is 2. The number of pyridine rings is 1. The van der Waals surface area contributed by atoms with Gasteiger partial charge in [-0.3, -0.25) is 9.59 Å². The lowest BCUT2D eigenvalue weighted by Crippen LogP contribution is -2.26. The first-order valence-corrected chi connectivity index (χ1v) is 10.6. The molecule has 0 radical (unpaired) electrons. The highest BCUT2D eigenvalue weighted by molar-refractivity contribution is 6.04. The van der Waals surface area contributed by atoms with Gasteiger partial charge in [0.25, 0.3) is 5.91 Å². The zero-order valence-corrected chi connectivity index (χ0v) is 17.9. The molecule has 0 aliphatic carbocycles. The number of hydrogen-bond acceptors (Lipinski definition) is 5. The van der Waals surface area contributed by atoms with Gasteiger partial charge in [-0.25, -0.2) is 9.98 Å². The van der Waals surface area contributed by atoms with E-state index in [2.05, 4.69) is 38.1 Å². The molecule has 1 aromatic carbocycles. The third kappa shape index (κ3) is 6.04. The normalized spacial score (nSPS) is 15.5. The molecule has 0 bridgehead atoms. The smallest absolute Gasteiger partial charge is 0.270 e. The maximum absolute atomic E-state index is 12.6. The van der Waals surface area contributed by atoms with Crippen LogP contribution in [-0.4, -0.2) is 34.1 Å². The standard InChI is InChI=1S/C25H24N6O2/c32-18-28-23-10-6-2-5-9-22(30-23)25(33)27-15-21-17-31-16-20(11-12-24(31)29-21)26-14-13-19-7-3-1-4-8-19/h1-12,16-18,26H,13-15H2,(H,27,33)(H,28,30,32). The first kappa shape index (κ1) is 21.8. The monoisotopic (exact) mass is 440 g/mol. The Morgan fingerprint density at radius 3 is 2.76 bits per heavy atom. The van der Waals surface area contributed by atoms with Crippen LogP contribution in [-0.2, 0) is 22.6 Å². The minimum Gasteiger partial charge on any atom is -0.384 e. The Hall–Kier alpha value is -4.46. The second kappa shape index (κ2) is 10.7. The summed E-state index contributed by atoms with van der Waals surface area (Å²) < 4.78 is 1.93. The van der Waals surface area contributed by atoms with Crippen LogP contribution in [0.3, 0.4) is 0 Å². The highest BCUT2D eigenvalue weighted by Gasteiger charge is 2.11. The van der Waals surface area contributed by atoms with Crippen LogP contribution in [0, 0.1) is 0 Å². The number of allylic oxidation sites excluding steroid dienone is 4. The van der Waals surface area contributed by atoms with Gasteiger partial charge in [-0.05, 0) is 36.3 Å². The average Bonchev–Trinajstić information content (AvgIpc) is 3.22. The van der Waals surface area contributed by atoms with Crippen molar-refractivity contribution in [2.45, 2.75) is 13.0 Å². The second-order valence-corrected chi connectivity index (χ2v) is 7.32. The van der Waals surface area contributed by atoms with Gasteiger partial charge >= 0.3 is 0 Å². The molecule has 0 spiro atoms. The van der Waals surface area contributed by atoms with Crippen molar-refractivity contribution in [3.05, 3.63) is 102 Å². The van der Waals surface area contributed by atoms with E-state index in [-0.39, 0.29) is 24.0 Å². The van der Waals surface area contributed by atoms with Gasteiger partial charge in [0.1, 0.15) is 17.2 Å². The second-order valence-electron chi connectivity index (χ2n) is 7.32. The van der Waals surface area contributed by atoms with Gasteiger partial charge < -0.3 is 20.4 Å². The highest BCUT2D eigenvalue weighted by atomic mass is 16.2. The molecule has 4 rings (SSSR count). The van der Waals surface area contributed by atoms with E-state index in [0.717, 1.165) is 30.0 Å². The number of carbonyl (C=O) groups is 2. The molecule has 8 nitrogen and oxygen atoms in total. The fourth-order valence-electron chi connectivity index (χ4n) is 3.32. The predicted octanol–water partition coefficient (Wildman–Crippen LogP) is 2.76. The summed E-state index contributed by atoms with van der Waals surface area (Å²) in [7, 11) is 0. The molecule has 1 aliphatic rings.